The SMILES string of the molecule is CC(C)NC(C)C(=O)c1ccccc1Cl.Cl. The van der Waals surface area contributed by atoms with Crippen molar-refractivity contribution in [1.29, 1.82) is 0 Å². The number of hydrogen-bond acceptors (Lipinski definition) is 2. The summed E-state index contributed by atoms with van der Waals surface area (Å²) >= 11 is 5.95. The van der Waals surface area contributed by atoms with Gasteiger partial charge in [-0.25, -0.2) is 0 Å². The van der Waals surface area contributed by atoms with Crippen molar-refractivity contribution in [2.75, 3.05) is 0 Å². The summed E-state index contributed by atoms with van der Waals surface area (Å²) in [6.45, 7) is 5.87. The summed E-state index contributed by atoms with van der Waals surface area (Å²) < 4.78 is 0. The molecule has 16 heavy (non-hydrogen) atoms. The van der Waals surface area contributed by atoms with E-state index >= 15 is 0 Å². The summed E-state index contributed by atoms with van der Waals surface area (Å²) in [4.78, 5) is 12.0. The molecule has 0 spiro atoms. The van der Waals surface area contributed by atoms with Crippen LogP contribution in [0.5, 0.6) is 0 Å². The monoisotopic (exact) mass is 261 g/mol. The minimum Gasteiger partial charge on any atom is -0.305 e. The van der Waals surface area contributed by atoms with Gasteiger partial charge in [0.05, 0.1) is 11.1 Å². The Kier molecular flexibility index (Phi) is 6.65. The highest BCUT2D eigenvalue weighted by atomic mass is 35.5. The highest BCUT2D eigenvalue weighted by Crippen LogP contribution is 2.16. The van der Waals surface area contributed by atoms with Gasteiger partial charge in [0.2, 0.25) is 0 Å². The standard InChI is InChI=1S/C12H16ClNO.ClH/c1-8(2)14-9(3)12(15)10-6-4-5-7-11(10)13;/h4-9,14H,1-3H3;1H. The van der Waals surface area contributed by atoms with Crippen molar-refractivity contribution >= 4 is 29.8 Å². The van der Waals surface area contributed by atoms with Crippen molar-refractivity contribution in [2.24, 2.45) is 0 Å². The van der Waals surface area contributed by atoms with Crippen LogP contribution in [0.15, 0.2) is 24.3 Å². The molecule has 1 unspecified atom stereocenters. The Morgan fingerprint density at radius 2 is 1.81 bits per heavy atom. The lowest BCUT2D eigenvalue weighted by Crippen LogP contribution is -2.38. The van der Waals surface area contributed by atoms with Crippen LogP contribution in [0.3, 0.4) is 0 Å². The maximum Gasteiger partial charge on any atom is 0.180 e. The van der Waals surface area contributed by atoms with Crippen LogP contribution >= 0.6 is 24.0 Å². The van der Waals surface area contributed by atoms with E-state index in [4.69, 9.17) is 11.6 Å². The molecular weight excluding hydrogens is 245 g/mol. The van der Waals surface area contributed by atoms with Crippen LogP contribution < -0.4 is 5.32 Å². The van der Waals surface area contributed by atoms with Crippen molar-refractivity contribution in [1.82, 2.24) is 5.32 Å². The molecule has 1 N–H and O–H groups in total. The molecule has 0 aliphatic heterocycles. The van der Waals surface area contributed by atoms with E-state index in [0.717, 1.165) is 0 Å². The first kappa shape index (κ1) is 15.4. The summed E-state index contributed by atoms with van der Waals surface area (Å²) in [7, 11) is 0. The average Bonchev–Trinajstić information content (AvgIpc) is 2.16. The zero-order valence-corrected chi connectivity index (χ0v) is 11.2. The molecule has 4 heteroatoms. The van der Waals surface area contributed by atoms with E-state index in [1.165, 1.54) is 0 Å². The first-order valence-corrected chi connectivity index (χ1v) is 5.45. The second kappa shape index (κ2) is 6.89. The number of ketones is 1. The first-order valence-electron chi connectivity index (χ1n) is 5.07. The highest BCUT2D eigenvalue weighted by Gasteiger charge is 2.17. The van der Waals surface area contributed by atoms with Gasteiger partial charge in [0.1, 0.15) is 0 Å². The molecule has 0 saturated carbocycles. The van der Waals surface area contributed by atoms with Crippen molar-refractivity contribution in [3.05, 3.63) is 34.9 Å². The minimum atomic E-state index is -0.204. The van der Waals surface area contributed by atoms with Crippen LogP contribution in [-0.4, -0.2) is 17.9 Å². The molecule has 0 fully saturated rings. The van der Waals surface area contributed by atoms with Crippen molar-refractivity contribution in [3.8, 4) is 0 Å². The quantitative estimate of drug-likeness (QED) is 0.843. The highest BCUT2D eigenvalue weighted by molar-refractivity contribution is 6.34. The van der Waals surface area contributed by atoms with Crippen molar-refractivity contribution in [2.45, 2.75) is 32.9 Å². The Hall–Kier alpha value is -0.570. The van der Waals surface area contributed by atoms with Crippen molar-refractivity contribution in [3.63, 3.8) is 0 Å². The number of halogens is 2. The van der Waals surface area contributed by atoms with Gasteiger partial charge in [0.15, 0.2) is 5.78 Å². The fourth-order valence-corrected chi connectivity index (χ4v) is 1.70. The molecule has 0 aliphatic carbocycles. The smallest absolute Gasteiger partial charge is 0.180 e. The molecule has 0 amide bonds. The molecule has 0 bridgehead atoms. The topological polar surface area (TPSA) is 29.1 Å². The number of carbonyl (C=O) groups excluding carboxylic acids is 1. The van der Waals surface area contributed by atoms with E-state index in [1.807, 2.05) is 32.9 Å². The van der Waals surface area contributed by atoms with Crippen LogP contribution in [0.2, 0.25) is 5.02 Å². The van der Waals surface area contributed by atoms with E-state index in [2.05, 4.69) is 5.32 Å². The molecule has 0 radical (unpaired) electrons. The zero-order valence-electron chi connectivity index (χ0n) is 9.66. The van der Waals surface area contributed by atoms with E-state index < -0.39 is 0 Å². The molecule has 90 valence electrons. The second-order valence-electron chi connectivity index (χ2n) is 3.89. The number of rotatable bonds is 4. The van der Waals surface area contributed by atoms with Gasteiger partial charge in [-0.1, -0.05) is 37.6 Å². The van der Waals surface area contributed by atoms with Crippen LogP contribution in [0.1, 0.15) is 31.1 Å². The van der Waals surface area contributed by atoms with Gasteiger partial charge < -0.3 is 5.32 Å². The summed E-state index contributed by atoms with van der Waals surface area (Å²) in [6.07, 6.45) is 0. The number of hydrogen-bond donors (Lipinski definition) is 1. The average molecular weight is 262 g/mol. The van der Waals surface area contributed by atoms with E-state index in [-0.39, 0.29) is 30.3 Å². The van der Waals surface area contributed by atoms with Gasteiger partial charge in [-0.15, -0.1) is 12.4 Å². The largest absolute Gasteiger partial charge is 0.305 e. The molecule has 1 atom stereocenters. The Morgan fingerprint density at radius 1 is 1.25 bits per heavy atom. The van der Waals surface area contributed by atoms with E-state index in [1.54, 1.807) is 12.1 Å². The van der Waals surface area contributed by atoms with Crippen LogP contribution in [0, 0.1) is 0 Å². The Labute approximate surface area is 108 Å². The van der Waals surface area contributed by atoms with Gasteiger partial charge >= 0.3 is 0 Å². The Balaban J connectivity index is 0.00000225. The van der Waals surface area contributed by atoms with Gasteiger partial charge in [0, 0.05) is 11.6 Å². The molecule has 1 aromatic carbocycles. The van der Waals surface area contributed by atoms with Gasteiger partial charge in [-0.3, -0.25) is 4.79 Å². The predicted molar refractivity (Wildman–Crippen MR) is 70.8 cm³/mol. The van der Waals surface area contributed by atoms with E-state index in [9.17, 15) is 4.79 Å². The summed E-state index contributed by atoms with van der Waals surface area (Å²) in [5.74, 6) is 0.0364. The first-order chi connectivity index (χ1) is 7.02. The maximum atomic E-state index is 12.0. The predicted octanol–water partition coefficient (Wildman–Crippen LogP) is 3.33. The van der Waals surface area contributed by atoms with Crippen LogP contribution in [0.4, 0.5) is 0 Å². The second-order valence-corrected chi connectivity index (χ2v) is 4.29. The third-order valence-electron chi connectivity index (χ3n) is 2.12. The van der Waals surface area contributed by atoms with Gasteiger partial charge in [-0.05, 0) is 19.1 Å². The number of Topliss-reactive ketones (excluding diaryl/α,β-unsaturated/α-hetero) is 1. The molecule has 0 aliphatic rings. The lowest BCUT2D eigenvalue weighted by Gasteiger charge is -2.16. The normalized spacial score (nSPS) is 12.1. The van der Waals surface area contributed by atoms with E-state index in [0.29, 0.717) is 10.6 Å². The fraction of sp³-hybridized carbons (Fsp3) is 0.417. The molecule has 1 rings (SSSR count). The number of carbonyl (C=O) groups is 1. The maximum absolute atomic E-state index is 12.0. The molecule has 0 saturated heterocycles. The summed E-state index contributed by atoms with van der Waals surface area (Å²) in [5.41, 5.74) is 0.583. The lowest BCUT2D eigenvalue weighted by molar-refractivity contribution is 0.0946. The van der Waals surface area contributed by atoms with Crippen LogP contribution in [-0.2, 0) is 0 Å². The summed E-state index contributed by atoms with van der Waals surface area (Å²) in [5, 5.41) is 3.67. The molecule has 0 heterocycles. The number of nitrogens with one attached hydrogen (secondary N) is 1. The third kappa shape index (κ3) is 4.12. The molecule has 1 aromatic rings. The Morgan fingerprint density at radius 3 is 2.31 bits per heavy atom. The molecular formula is C12H17Cl2NO. The Bertz CT molecular complexity index is 353. The minimum absolute atomic E-state index is 0. The third-order valence-corrected chi connectivity index (χ3v) is 2.45. The zero-order chi connectivity index (χ0) is 11.4. The van der Waals surface area contributed by atoms with Gasteiger partial charge in [-0.2, -0.15) is 0 Å². The molecule has 2 nitrogen and oxygen atoms in total. The fourth-order valence-electron chi connectivity index (χ4n) is 1.47. The van der Waals surface area contributed by atoms with Crippen molar-refractivity contribution < 1.29 is 4.79 Å². The summed E-state index contributed by atoms with van der Waals surface area (Å²) in [6, 6.07) is 7.21. The van der Waals surface area contributed by atoms with Crippen LogP contribution in [0.25, 0.3) is 0 Å². The van der Waals surface area contributed by atoms with Gasteiger partial charge in [0.25, 0.3) is 0 Å². The molecule has 0 aromatic heterocycles. The lowest BCUT2D eigenvalue weighted by atomic mass is 10.0. The number of benzene rings is 1.